The highest BCUT2D eigenvalue weighted by Gasteiger charge is 2.71. The maximum atomic E-state index is 13.0. The predicted octanol–water partition coefficient (Wildman–Crippen LogP) is 4.59. The molecule has 0 atom stereocenters. The minimum atomic E-state index is -5.89. The fraction of sp³-hybridized carbons (Fsp3) is 0.250. The zero-order valence-corrected chi connectivity index (χ0v) is 11.6. The van der Waals surface area contributed by atoms with Gasteiger partial charge in [0.15, 0.2) is 0 Å². The van der Waals surface area contributed by atoms with Crippen LogP contribution in [0.15, 0.2) is 54.6 Å². The van der Waals surface area contributed by atoms with Gasteiger partial charge in [0.05, 0.1) is 0 Å². The van der Waals surface area contributed by atoms with Crippen molar-refractivity contribution < 1.29 is 31.4 Å². The second kappa shape index (κ2) is 5.88. The SMILES string of the molecule is OC(c1ccccc1Cc1ccccc1)(C(F)(F)F)C(F)(F)F. The summed E-state index contributed by atoms with van der Waals surface area (Å²) in [4.78, 5) is 0. The third kappa shape index (κ3) is 3.19. The number of aliphatic hydroxyl groups is 1. The molecule has 1 nitrogen and oxygen atoms in total. The molecule has 0 amide bonds. The smallest absolute Gasteiger partial charge is 0.369 e. The number of alkyl halides is 6. The molecule has 0 radical (unpaired) electrons. The van der Waals surface area contributed by atoms with Crippen LogP contribution in [0.25, 0.3) is 0 Å². The Hall–Kier alpha value is -2.02. The molecule has 2 rings (SSSR count). The van der Waals surface area contributed by atoms with Crippen molar-refractivity contribution in [2.75, 3.05) is 0 Å². The van der Waals surface area contributed by atoms with Gasteiger partial charge in [-0.3, -0.25) is 0 Å². The third-order valence-electron chi connectivity index (χ3n) is 3.47. The van der Waals surface area contributed by atoms with Crippen molar-refractivity contribution in [3.05, 3.63) is 71.3 Å². The highest BCUT2D eigenvalue weighted by molar-refractivity contribution is 5.38. The molecule has 1 N–H and O–H groups in total. The Bertz CT molecular complexity index is 646. The van der Waals surface area contributed by atoms with Crippen LogP contribution in [-0.2, 0) is 12.0 Å². The molecule has 0 spiro atoms. The molecular formula is C16H12F6O. The summed E-state index contributed by atoms with van der Waals surface area (Å²) < 4.78 is 78.2. The predicted molar refractivity (Wildman–Crippen MR) is 71.7 cm³/mol. The maximum absolute atomic E-state index is 13.0. The summed E-state index contributed by atoms with van der Waals surface area (Å²) in [5.74, 6) is 0. The van der Waals surface area contributed by atoms with Gasteiger partial charge in [-0.2, -0.15) is 26.3 Å². The maximum Gasteiger partial charge on any atom is 0.430 e. The van der Waals surface area contributed by atoms with E-state index in [0.29, 0.717) is 11.6 Å². The standard InChI is InChI=1S/C16H12F6O/c17-15(18,19)14(23,16(20,21)22)13-9-5-4-8-12(13)10-11-6-2-1-3-7-11/h1-9,23H,10H2. The van der Waals surface area contributed by atoms with E-state index in [4.69, 9.17) is 0 Å². The molecule has 0 bridgehead atoms. The van der Waals surface area contributed by atoms with Gasteiger partial charge in [-0.05, 0) is 17.5 Å². The average Bonchev–Trinajstić information content (AvgIpc) is 2.46. The molecule has 124 valence electrons. The van der Waals surface area contributed by atoms with Crippen LogP contribution >= 0.6 is 0 Å². The van der Waals surface area contributed by atoms with E-state index in [2.05, 4.69) is 0 Å². The first kappa shape index (κ1) is 17.3. The summed E-state index contributed by atoms with van der Waals surface area (Å²) in [6, 6.07) is 12.2. The van der Waals surface area contributed by atoms with Gasteiger partial charge in [0.25, 0.3) is 5.60 Å². The lowest BCUT2D eigenvalue weighted by Gasteiger charge is -2.34. The van der Waals surface area contributed by atoms with Crippen molar-refractivity contribution in [2.24, 2.45) is 0 Å². The molecule has 0 aliphatic carbocycles. The molecule has 0 saturated carbocycles. The van der Waals surface area contributed by atoms with Crippen molar-refractivity contribution in [3.8, 4) is 0 Å². The monoisotopic (exact) mass is 334 g/mol. The molecule has 0 unspecified atom stereocenters. The van der Waals surface area contributed by atoms with Crippen LogP contribution in [0.2, 0.25) is 0 Å². The third-order valence-corrected chi connectivity index (χ3v) is 3.47. The van der Waals surface area contributed by atoms with Gasteiger partial charge in [-0.1, -0.05) is 54.6 Å². The Morgan fingerprint density at radius 1 is 0.696 bits per heavy atom. The van der Waals surface area contributed by atoms with Crippen molar-refractivity contribution in [1.82, 2.24) is 0 Å². The molecule has 0 heterocycles. The van der Waals surface area contributed by atoms with Gasteiger partial charge < -0.3 is 5.11 Å². The quantitative estimate of drug-likeness (QED) is 0.814. The Morgan fingerprint density at radius 2 is 1.17 bits per heavy atom. The first-order chi connectivity index (χ1) is 10.6. The molecule has 23 heavy (non-hydrogen) atoms. The molecule has 0 aliphatic heterocycles. The molecule has 0 aromatic heterocycles. The Kier molecular flexibility index (Phi) is 4.43. The lowest BCUT2D eigenvalue weighted by atomic mass is 9.86. The first-order valence-corrected chi connectivity index (χ1v) is 6.55. The number of benzene rings is 2. The van der Waals surface area contributed by atoms with Crippen LogP contribution in [0.4, 0.5) is 26.3 Å². The van der Waals surface area contributed by atoms with Crippen LogP contribution in [0.3, 0.4) is 0 Å². The highest BCUT2D eigenvalue weighted by Crippen LogP contribution is 2.51. The lowest BCUT2D eigenvalue weighted by Crippen LogP contribution is -2.54. The lowest BCUT2D eigenvalue weighted by molar-refractivity contribution is -0.376. The van der Waals surface area contributed by atoms with E-state index in [1.807, 2.05) is 0 Å². The second-order valence-corrected chi connectivity index (χ2v) is 5.03. The van der Waals surface area contributed by atoms with Crippen LogP contribution in [0.5, 0.6) is 0 Å². The highest BCUT2D eigenvalue weighted by atomic mass is 19.4. The Balaban J connectivity index is 2.58. The van der Waals surface area contributed by atoms with Crippen molar-refractivity contribution in [2.45, 2.75) is 24.4 Å². The van der Waals surface area contributed by atoms with Gasteiger partial charge in [-0.15, -0.1) is 0 Å². The largest absolute Gasteiger partial charge is 0.430 e. The number of hydrogen-bond acceptors (Lipinski definition) is 1. The van der Waals surface area contributed by atoms with E-state index in [9.17, 15) is 31.4 Å². The molecule has 2 aromatic rings. The van der Waals surface area contributed by atoms with E-state index >= 15 is 0 Å². The van der Waals surface area contributed by atoms with Gasteiger partial charge >= 0.3 is 12.4 Å². The molecular weight excluding hydrogens is 322 g/mol. The van der Waals surface area contributed by atoms with Crippen LogP contribution < -0.4 is 0 Å². The Morgan fingerprint density at radius 3 is 1.70 bits per heavy atom. The minimum Gasteiger partial charge on any atom is -0.369 e. The van der Waals surface area contributed by atoms with E-state index in [0.717, 1.165) is 12.1 Å². The normalized spacial score (nSPS) is 13.2. The van der Waals surface area contributed by atoms with Gasteiger partial charge in [0, 0.05) is 5.56 Å². The topological polar surface area (TPSA) is 20.2 Å². The van der Waals surface area contributed by atoms with Crippen LogP contribution in [0.1, 0.15) is 16.7 Å². The van der Waals surface area contributed by atoms with Crippen LogP contribution in [-0.4, -0.2) is 17.5 Å². The Labute approximate surface area is 128 Å². The van der Waals surface area contributed by atoms with Crippen molar-refractivity contribution in [3.63, 3.8) is 0 Å². The zero-order valence-electron chi connectivity index (χ0n) is 11.6. The number of halogens is 6. The fourth-order valence-electron chi connectivity index (χ4n) is 2.31. The number of hydrogen-bond donors (Lipinski definition) is 1. The summed E-state index contributed by atoms with van der Waals surface area (Å²) in [7, 11) is 0. The second-order valence-electron chi connectivity index (χ2n) is 5.03. The molecule has 7 heteroatoms. The summed E-state index contributed by atoms with van der Waals surface area (Å²) in [5.41, 5.74) is -5.82. The van der Waals surface area contributed by atoms with E-state index in [1.54, 1.807) is 30.3 Å². The van der Waals surface area contributed by atoms with E-state index < -0.39 is 23.5 Å². The molecule has 0 saturated heterocycles. The summed E-state index contributed by atoms with van der Waals surface area (Å²) in [5, 5.41) is 9.56. The van der Waals surface area contributed by atoms with Crippen molar-refractivity contribution in [1.29, 1.82) is 0 Å². The van der Waals surface area contributed by atoms with Gasteiger partial charge in [0.2, 0.25) is 0 Å². The van der Waals surface area contributed by atoms with Crippen molar-refractivity contribution >= 4 is 0 Å². The van der Waals surface area contributed by atoms with Gasteiger partial charge in [-0.25, -0.2) is 0 Å². The molecule has 0 aliphatic rings. The summed E-state index contributed by atoms with van der Waals surface area (Å²) in [6.45, 7) is 0. The minimum absolute atomic E-state index is 0.161. The number of rotatable bonds is 3. The fourth-order valence-corrected chi connectivity index (χ4v) is 2.31. The molecule has 2 aromatic carbocycles. The average molecular weight is 334 g/mol. The van der Waals surface area contributed by atoms with Gasteiger partial charge in [0.1, 0.15) is 0 Å². The van der Waals surface area contributed by atoms with E-state index in [-0.39, 0.29) is 12.0 Å². The first-order valence-electron chi connectivity index (χ1n) is 6.55. The summed E-state index contributed by atoms with van der Waals surface area (Å²) in [6.07, 6.45) is -11.9. The molecule has 0 fully saturated rings. The zero-order chi connectivity index (χ0) is 17.3. The van der Waals surface area contributed by atoms with Crippen LogP contribution in [0, 0.1) is 0 Å². The van der Waals surface area contributed by atoms with E-state index in [1.165, 1.54) is 6.07 Å². The summed E-state index contributed by atoms with van der Waals surface area (Å²) >= 11 is 0.